The molecule has 1 fully saturated rings. The number of nitrogens with zero attached hydrogens (tertiary/aromatic N) is 1. The minimum absolute atomic E-state index is 0.726. The Morgan fingerprint density at radius 3 is 2.77 bits per heavy atom. The molecule has 0 aliphatic carbocycles. The highest BCUT2D eigenvalue weighted by Gasteiger charge is 2.02. The summed E-state index contributed by atoms with van der Waals surface area (Å²) in [7, 11) is 0. The first-order valence-corrected chi connectivity index (χ1v) is 5.37. The van der Waals surface area contributed by atoms with E-state index < -0.39 is 0 Å². The van der Waals surface area contributed by atoms with E-state index in [0.29, 0.717) is 0 Å². The van der Waals surface area contributed by atoms with Crippen molar-refractivity contribution >= 4 is 23.2 Å². The second-order valence-corrected chi connectivity index (χ2v) is 3.90. The van der Waals surface area contributed by atoms with E-state index in [2.05, 4.69) is 27.1 Å². The zero-order valence-electron chi connectivity index (χ0n) is 7.42. The summed E-state index contributed by atoms with van der Waals surface area (Å²) in [4.78, 5) is 5.30. The molecule has 70 valence electrons. The second kappa shape index (κ2) is 4.39. The fourth-order valence-corrected chi connectivity index (χ4v) is 1.76. The van der Waals surface area contributed by atoms with Crippen molar-refractivity contribution in [2.24, 2.45) is 4.99 Å². The number of fused-ring (bicyclic) bond motifs is 1. The predicted octanol–water partition coefficient (Wildman–Crippen LogP) is 1.53. The second-order valence-electron chi connectivity index (χ2n) is 2.95. The van der Waals surface area contributed by atoms with Crippen LogP contribution in [0.4, 0.5) is 5.69 Å². The van der Waals surface area contributed by atoms with Crippen LogP contribution in [-0.2, 0) is 0 Å². The van der Waals surface area contributed by atoms with Crippen molar-refractivity contribution in [1.29, 1.82) is 0 Å². The third kappa shape index (κ3) is 2.29. The van der Waals surface area contributed by atoms with Crippen molar-refractivity contribution < 1.29 is 0 Å². The number of anilines is 1. The summed E-state index contributed by atoms with van der Waals surface area (Å²) in [5.41, 5.74) is 1.22. The van der Waals surface area contributed by atoms with Gasteiger partial charge in [0.2, 0.25) is 0 Å². The lowest BCUT2D eigenvalue weighted by atomic mass is 10.3. The third-order valence-corrected chi connectivity index (χ3v) is 2.82. The van der Waals surface area contributed by atoms with Crippen LogP contribution in [0.3, 0.4) is 0 Å². The SMILES string of the molecule is C1=NCNc2ccsc21.C1CNC1. The Bertz CT molecular complexity index is 285. The Morgan fingerprint density at radius 1 is 1.38 bits per heavy atom. The Morgan fingerprint density at radius 2 is 2.15 bits per heavy atom. The largest absolute Gasteiger partial charge is 0.365 e. The van der Waals surface area contributed by atoms with Gasteiger partial charge in [-0.3, -0.25) is 4.99 Å². The first-order valence-electron chi connectivity index (χ1n) is 4.49. The monoisotopic (exact) mass is 195 g/mol. The van der Waals surface area contributed by atoms with E-state index in [-0.39, 0.29) is 0 Å². The molecule has 0 atom stereocenters. The third-order valence-electron chi connectivity index (χ3n) is 1.97. The molecule has 2 aliphatic rings. The molecule has 2 aliphatic heterocycles. The van der Waals surface area contributed by atoms with Crippen LogP contribution in [0, 0.1) is 0 Å². The molecule has 1 aromatic rings. The zero-order valence-corrected chi connectivity index (χ0v) is 8.23. The number of nitrogens with one attached hydrogen (secondary N) is 2. The smallest absolute Gasteiger partial charge is 0.107 e. The van der Waals surface area contributed by atoms with Crippen molar-refractivity contribution in [2.45, 2.75) is 6.42 Å². The molecular weight excluding hydrogens is 182 g/mol. The molecule has 0 aromatic carbocycles. The normalized spacial score (nSPS) is 17.5. The van der Waals surface area contributed by atoms with Crippen LogP contribution in [0.1, 0.15) is 11.3 Å². The summed E-state index contributed by atoms with van der Waals surface area (Å²) in [6, 6.07) is 2.07. The van der Waals surface area contributed by atoms with Gasteiger partial charge in [0, 0.05) is 6.21 Å². The maximum atomic E-state index is 4.06. The number of aliphatic imine (C=N–C) groups is 1. The average molecular weight is 195 g/mol. The van der Waals surface area contributed by atoms with Gasteiger partial charge in [-0.05, 0) is 31.0 Å². The van der Waals surface area contributed by atoms with Crippen molar-refractivity contribution in [1.82, 2.24) is 5.32 Å². The fraction of sp³-hybridized carbons (Fsp3) is 0.444. The first-order chi connectivity index (χ1) is 6.47. The van der Waals surface area contributed by atoms with E-state index in [4.69, 9.17) is 0 Å². The Kier molecular flexibility index (Phi) is 2.94. The van der Waals surface area contributed by atoms with Gasteiger partial charge < -0.3 is 10.6 Å². The molecule has 3 nitrogen and oxygen atoms in total. The van der Waals surface area contributed by atoms with Gasteiger partial charge in [0.1, 0.15) is 6.67 Å². The van der Waals surface area contributed by atoms with Crippen LogP contribution < -0.4 is 10.6 Å². The molecule has 0 radical (unpaired) electrons. The average Bonchev–Trinajstić information content (AvgIpc) is 2.47. The van der Waals surface area contributed by atoms with Crippen molar-refractivity contribution in [3.8, 4) is 0 Å². The van der Waals surface area contributed by atoms with Crippen molar-refractivity contribution in [3.05, 3.63) is 16.3 Å². The fourth-order valence-electron chi connectivity index (χ4n) is 1.00. The minimum Gasteiger partial charge on any atom is -0.365 e. The molecule has 1 saturated heterocycles. The number of hydrogen-bond donors (Lipinski definition) is 2. The number of rotatable bonds is 0. The van der Waals surface area contributed by atoms with Gasteiger partial charge in [-0.15, -0.1) is 11.3 Å². The topological polar surface area (TPSA) is 36.4 Å². The first kappa shape index (κ1) is 8.72. The highest BCUT2D eigenvalue weighted by Crippen LogP contribution is 2.21. The number of hydrogen-bond acceptors (Lipinski definition) is 4. The molecule has 0 spiro atoms. The lowest BCUT2D eigenvalue weighted by Gasteiger charge is -2.09. The molecule has 3 rings (SSSR count). The van der Waals surface area contributed by atoms with Crippen LogP contribution in [-0.4, -0.2) is 26.0 Å². The molecule has 0 saturated carbocycles. The summed E-state index contributed by atoms with van der Waals surface area (Å²) < 4.78 is 0. The highest BCUT2D eigenvalue weighted by molar-refractivity contribution is 7.12. The molecule has 0 bridgehead atoms. The van der Waals surface area contributed by atoms with E-state index in [1.165, 1.54) is 30.1 Å². The standard InChI is InChI=1S/C6H6N2S.C3H7N/c1-2-9-6-3-7-4-8-5(1)6;1-2-4-3-1/h1-3,8H,4H2;4H,1-3H2. The lowest BCUT2D eigenvalue weighted by Crippen LogP contribution is -2.29. The van der Waals surface area contributed by atoms with Crippen LogP contribution in [0.2, 0.25) is 0 Å². The van der Waals surface area contributed by atoms with E-state index >= 15 is 0 Å². The summed E-state index contributed by atoms with van der Waals surface area (Å²) in [6.07, 6.45) is 3.30. The van der Waals surface area contributed by atoms with Gasteiger partial charge in [-0.2, -0.15) is 0 Å². The predicted molar refractivity (Wildman–Crippen MR) is 57.9 cm³/mol. The van der Waals surface area contributed by atoms with E-state index in [0.717, 1.165) is 6.67 Å². The summed E-state index contributed by atoms with van der Waals surface area (Å²) in [5.74, 6) is 0. The van der Waals surface area contributed by atoms with Crippen LogP contribution in [0.25, 0.3) is 0 Å². The molecule has 2 N–H and O–H groups in total. The molecule has 0 unspecified atom stereocenters. The van der Waals surface area contributed by atoms with E-state index in [1.807, 2.05) is 6.21 Å². The van der Waals surface area contributed by atoms with Crippen LogP contribution >= 0.6 is 11.3 Å². The van der Waals surface area contributed by atoms with Gasteiger partial charge in [0.05, 0.1) is 10.6 Å². The molecule has 3 heterocycles. The summed E-state index contributed by atoms with van der Waals surface area (Å²) >= 11 is 1.71. The van der Waals surface area contributed by atoms with Crippen LogP contribution in [0.15, 0.2) is 16.4 Å². The maximum absolute atomic E-state index is 4.06. The van der Waals surface area contributed by atoms with Crippen molar-refractivity contribution in [2.75, 3.05) is 25.1 Å². The van der Waals surface area contributed by atoms with Crippen molar-refractivity contribution in [3.63, 3.8) is 0 Å². The Balaban J connectivity index is 0.000000137. The minimum atomic E-state index is 0.726. The molecule has 0 amide bonds. The van der Waals surface area contributed by atoms with Gasteiger partial charge in [0.25, 0.3) is 0 Å². The Labute approximate surface area is 81.9 Å². The molecule has 4 heteroatoms. The molecule has 13 heavy (non-hydrogen) atoms. The van der Waals surface area contributed by atoms with E-state index in [1.54, 1.807) is 11.3 Å². The van der Waals surface area contributed by atoms with Crippen LogP contribution in [0.5, 0.6) is 0 Å². The van der Waals surface area contributed by atoms with Gasteiger partial charge >= 0.3 is 0 Å². The highest BCUT2D eigenvalue weighted by atomic mass is 32.1. The summed E-state index contributed by atoms with van der Waals surface area (Å²) in [6.45, 7) is 3.23. The lowest BCUT2D eigenvalue weighted by molar-refractivity contribution is 0.527. The number of thiophene rings is 1. The maximum Gasteiger partial charge on any atom is 0.107 e. The quantitative estimate of drug-likeness (QED) is 0.658. The van der Waals surface area contributed by atoms with Gasteiger partial charge in [-0.1, -0.05) is 0 Å². The summed E-state index contributed by atoms with van der Waals surface area (Å²) in [5, 5.41) is 8.33. The van der Waals surface area contributed by atoms with E-state index in [9.17, 15) is 0 Å². The molecular formula is C9H13N3S. The zero-order chi connectivity index (χ0) is 8.93. The van der Waals surface area contributed by atoms with Gasteiger partial charge in [-0.25, -0.2) is 0 Å². The Hall–Kier alpha value is -0.870. The van der Waals surface area contributed by atoms with Gasteiger partial charge in [0.15, 0.2) is 0 Å². The molecule has 1 aromatic heterocycles.